The number of unbranched alkanes of at least 4 members (excludes halogenated alkanes) is 2. The SMILES string of the molecule is CC.CCCCCC(C)C(C)(C)C. The lowest BCUT2D eigenvalue weighted by atomic mass is 9.79. The Labute approximate surface area is 86.1 Å². The first kappa shape index (κ1) is 15.5. The largest absolute Gasteiger partial charge is 0.0683 e. The molecule has 13 heavy (non-hydrogen) atoms. The maximum Gasteiger partial charge on any atom is -0.0357 e. The van der Waals surface area contributed by atoms with Crippen LogP contribution in [0.1, 0.15) is 74.1 Å². The second kappa shape index (κ2) is 8.59. The summed E-state index contributed by atoms with van der Waals surface area (Å²) in [5, 5.41) is 0. The quantitative estimate of drug-likeness (QED) is 0.524. The van der Waals surface area contributed by atoms with Gasteiger partial charge in [-0.05, 0) is 11.3 Å². The molecule has 0 heterocycles. The molecule has 0 aliphatic heterocycles. The van der Waals surface area contributed by atoms with Crippen LogP contribution < -0.4 is 0 Å². The van der Waals surface area contributed by atoms with Crippen molar-refractivity contribution < 1.29 is 0 Å². The van der Waals surface area contributed by atoms with Crippen LogP contribution in [0, 0.1) is 11.3 Å². The monoisotopic (exact) mass is 186 g/mol. The van der Waals surface area contributed by atoms with Crippen molar-refractivity contribution >= 4 is 0 Å². The molecule has 0 saturated carbocycles. The van der Waals surface area contributed by atoms with Crippen molar-refractivity contribution in [2.75, 3.05) is 0 Å². The van der Waals surface area contributed by atoms with E-state index in [1.54, 1.807) is 0 Å². The first-order valence-corrected chi connectivity index (χ1v) is 5.98. The molecule has 0 aromatic carbocycles. The predicted octanol–water partition coefficient (Wildman–Crippen LogP) is 5.28. The van der Waals surface area contributed by atoms with E-state index in [0.29, 0.717) is 5.41 Å². The van der Waals surface area contributed by atoms with Gasteiger partial charge in [-0.2, -0.15) is 0 Å². The Hall–Kier alpha value is 0. The van der Waals surface area contributed by atoms with Crippen LogP contribution in [0.5, 0.6) is 0 Å². The highest BCUT2D eigenvalue weighted by atomic mass is 14.2. The van der Waals surface area contributed by atoms with Gasteiger partial charge in [-0.3, -0.25) is 0 Å². The summed E-state index contributed by atoms with van der Waals surface area (Å²) in [7, 11) is 0. The molecule has 0 fully saturated rings. The van der Waals surface area contributed by atoms with Crippen molar-refractivity contribution in [3.63, 3.8) is 0 Å². The molecule has 0 bridgehead atoms. The van der Waals surface area contributed by atoms with E-state index in [-0.39, 0.29) is 0 Å². The number of hydrogen-bond acceptors (Lipinski definition) is 0. The molecule has 82 valence electrons. The van der Waals surface area contributed by atoms with Gasteiger partial charge in [0.05, 0.1) is 0 Å². The summed E-state index contributed by atoms with van der Waals surface area (Å²) in [5.41, 5.74) is 0.508. The van der Waals surface area contributed by atoms with E-state index in [2.05, 4.69) is 34.6 Å². The van der Waals surface area contributed by atoms with Crippen molar-refractivity contribution in [1.82, 2.24) is 0 Å². The van der Waals surface area contributed by atoms with Gasteiger partial charge in [-0.15, -0.1) is 0 Å². The first-order valence-electron chi connectivity index (χ1n) is 5.98. The fourth-order valence-corrected chi connectivity index (χ4v) is 1.13. The maximum absolute atomic E-state index is 2.37. The molecule has 0 heteroatoms. The Balaban J connectivity index is 0. The van der Waals surface area contributed by atoms with Gasteiger partial charge in [0, 0.05) is 0 Å². The molecule has 0 aromatic rings. The first-order chi connectivity index (χ1) is 5.98. The predicted molar refractivity (Wildman–Crippen MR) is 64.1 cm³/mol. The highest BCUT2D eigenvalue weighted by Gasteiger charge is 2.18. The normalized spacial score (nSPS) is 13.2. The lowest BCUT2D eigenvalue weighted by Gasteiger charge is -2.27. The van der Waals surface area contributed by atoms with Crippen LogP contribution in [0.25, 0.3) is 0 Å². The summed E-state index contributed by atoms with van der Waals surface area (Å²) in [6, 6.07) is 0. The molecule has 0 amide bonds. The minimum Gasteiger partial charge on any atom is -0.0683 e. The lowest BCUT2D eigenvalue weighted by molar-refractivity contribution is 0.241. The lowest BCUT2D eigenvalue weighted by Crippen LogP contribution is -2.16. The molecule has 0 radical (unpaired) electrons. The zero-order chi connectivity index (χ0) is 10.9. The van der Waals surface area contributed by atoms with Gasteiger partial charge in [-0.1, -0.05) is 74.1 Å². The van der Waals surface area contributed by atoms with Gasteiger partial charge in [0.2, 0.25) is 0 Å². The minimum absolute atomic E-state index is 0.508. The van der Waals surface area contributed by atoms with Crippen LogP contribution in [0.4, 0.5) is 0 Å². The molecule has 0 aliphatic rings. The maximum atomic E-state index is 2.37. The van der Waals surface area contributed by atoms with Crippen LogP contribution in [-0.4, -0.2) is 0 Å². The van der Waals surface area contributed by atoms with E-state index in [1.165, 1.54) is 25.7 Å². The number of hydrogen-bond donors (Lipinski definition) is 0. The molecule has 0 rings (SSSR count). The third-order valence-corrected chi connectivity index (χ3v) is 2.72. The summed E-state index contributed by atoms with van der Waals surface area (Å²) < 4.78 is 0. The van der Waals surface area contributed by atoms with E-state index in [9.17, 15) is 0 Å². The van der Waals surface area contributed by atoms with Crippen molar-refractivity contribution in [2.24, 2.45) is 11.3 Å². The Bertz CT molecular complexity index is 86.7. The third kappa shape index (κ3) is 9.92. The zero-order valence-electron chi connectivity index (χ0n) is 10.9. The van der Waals surface area contributed by atoms with Gasteiger partial charge in [-0.25, -0.2) is 0 Å². The van der Waals surface area contributed by atoms with E-state index >= 15 is 0 Å². The molecule has 0 N–H and O–H groups in total. The Morgan fingerprint density at radius 1 is 1.00 bits per heavy atom. The molecule has 1 unspecified atom stereocenters. The number of rotatable bonds is 4. The highest BCUT2D eigenvalue weighted by molar-refractivity contribution is 4.69. The average molecular weight is 186 g/mol. The van der Waals surface area contributed by atoms with E-state index < -0.39 is 0 Å². The fourth-order valence-electron chi connectivity index (χ4n) is 1.13. The molecular weight excluding hydrogens is 156 g/mol. The highest BCUT2D eigenvalue weighted by Crippen LogP contribution is 2.29. The van der Waals surface area contributed by atoms with Gasteiger partial charge in [0.15, 0.2) is 0 Å². The molecular formula is C13H30. The van der Waals surface area contributed by atoms with Crippen molar-refractivity contribution in [3.8, 4) is 0 Å². The third-order valence-electron chi connectivity index (χ3n) is 2.72. The standard InChI is InChI=1S/C11H24.C2H6/c1-6-7-8-9-10(2)11(3,4)5;1-2/h10H,6-9H2,1-5H3;1-2H3. The van der Waals surface area contributed by atoms with Crippen LogP contribution in [-0.2, 0) is 0 Å². The second-order valence-electron chi connectivity index (χ2n) is 4.76. The molecule has 0 nitrogen and oxygen atoms in total. The van der Waals surface area contributed by atoms with E-state index in [4.69, 9.17) is 0 Å². The average Bonchev–Trinajstić information content (AvgIpc) is 2.07. The summed E-state index contributed by atoms with van der Waals surface area (Å²) in [6.07, 6.45) is 5.56. The molecule has 0 aromatic heterocycles. The second-order valence-corrected chi connectivity index (χ2v) is 4.76. The Morgan fingerprint density at radius 2 is 1.46 bits per heavy atom. The fraction of sp³-hybridized carbons (Fsp3) is 1.00. The topological polar surface area (TPSA) is 0 Å². The Kier molecular flexibility index (Phi) is 10.2. The van der Waals surface area contributed by atoms with Gasteiger partial charge >= 0.3 is 0 Å². The summed E-state index contributed by atoms with van der Waals surface area (Å²) in [5.74, 6) is 0.869. The van der Waals surface area contributed by atoms with Gasteiger partial charge < -0.3 is 0 Å². The zero-order valence-corrected chi connectivity index (χ0v) is 10.9. The van der Waals surface area contributed by atoms with Crippen molar-refractivity contribution in [1.29, 1.82) is 0 Å². The summed E-state index contributed by atoms with van der Waals surface area (Å²) >= 11 is 0. The van der Waals surface area contributed by atoms with Crippen LogP contribution >= 0.6 is 0 Å². The van der Waals surface area contributed by atoms with E-state index in [1.807, 2.05) is 13.8 Å². The van der Waals surface area contributed by atoms with Gasteiger partial charge in [0.25, 0.3) is 0 Å². The van der Waals surface area contributed by atoms with Gasteiger partial charge in [0.1, 0.15) is 0 Å². The van der Waals surface area contributed by atoms with Crippen LogP contribution in [0.15, 0.2) is 0 Å². The molecule has 0 aliphatic carbocycles. The summed E-state index contributed by atoms with van der Waals surface area (Å²) in [6.45, 7) is 15.6. The van der Waals surface area contributed by atoms with Crippen LogP contribution in [0.3, 0.4) is 0 Å². The van der Waals surface area contributed by atoms with Crippen LogP contribution in [0.2, 0.25) is 0 Å². The van der Waals surface area contributed by atoms with E-state index in [0.717, 1.165) is 5.92 Å². The summed E-state index contributed by atoms with van der Waals surface area (Å²) in [4.78, 5) is 0. The van der Waals surface area contributed by atoms with Crippen molar-refractivity contribution in [2.45, 2.75) is 74.1 Å². The smallest absolute Gasteiger partial charge is 0.0357 e. The molecule has 1 atom stereocenters. The molecule has 0 spiro atoms. The minimum atomic E-state index is 0.508. The molecule has 0 saturated heterocycles. The Morgan fingerprint density at radius 3 is 1.77 bits per heavy atom. The van der Waals surface area contributed by atoms with Crippen molar-refractivity contribution in [3.05, 3.63) is 0 Å².